The number of nitrogens with zero attached hydrogens (tertiary/aromatic N) is 3. The van der Waals surface area contributed by atoms with E-state index in [4.69, 9.17) is 4.74 Å². The second kappa shape index (κ2) is 4.94. The summed E-state index contributed by atoms with van der Waals surface area (Å²) in [4.78, 5) is 3.52. The van der Waals surface area contributed by atoms with Crippen LogP contribution in [0.4, 0.5) is 19.1 Å². The Bertz CT molecular complexity index is 653. The summed E-state index contributed by atoms with van der Waals surface area (Å²) >= 11 is 0. The monoisotopic (exact) mass is 298 g/mol. The molecule has 1 unspecified atom stereocenters. The van der Waals surface area contributed by atoms with Crippen molar-refractivity contribution in [2.75, 3.05) is 19.0 Å². The number of rotatable bonds is 2. The van der Waals surface area contributed by atoms with E-state index in [-0.39, 0.29) is 12.0 Å². The van der Waals surface area contributed by atoms with Crippen LogP contribution in [0.5, 0.6) is 5.75 Å². The number of hydrogen-bond donors (Lipinski definition) is 1. The zero-order valence-corrected chi connectivity index (χ0v) is 11.2. The molecule has 0 saturated heterocycles. The molecule has 21 heavy (non-hydrogen) atoms. The van der Waals surface area contributed by atoms with E-state index in [2.05, 4.69) is 15.4 Å². The Morgan fingerprint density at radius 3 is 2.90 bits per heavy atom. The van der Waals surface area contributed by atoms with Gasteiger partial charge in [-0.2, -0.15) is 18.2 Å². The fraction of sp³-hybridized carbons (Fsp3) is 0.385. The van der Waals surface area contributed by atoms with Crippen molar-refractivity contribution < 1.29 is 17.9 Å². The van der Waals surface area contributed by atoms with Crippen molar-refractivity contribution in [1.82, 2.24) is 14.8 Å². The third-order valence-corrected chi connectivity index (χ3v) is 3.36. The van der Waals surface area contributed by atoms with Crippen molar-refractivity contribution in [2.24, 2.45) is 0 Å². The molecule has 112 valence electrons. The molecule has 0 bridgehead atoms. The maximum absolute atomic E-state index is 12.7. The number of ether oxygens (including phenoxy) is 1. The zero-order chi connectivity index (χ0) is 15.0. The van der Waals surface area contributed by atoms with Crippen LogP contribution >= 0.6 is 0 Å². The van der Waals surface area contributed by atoms with Crippen LogP contribution in [0.25, 0.3) is 0 Å². The lowest BCUT2D eigenvalue weighted by Gasteiger charge is -2.24. The third-order valence-electron chi connectivity index (χ3n) is 3.36. The summed E-state index contributed by atoms with van der Waals surface area (Å²) in [5, 5.41) is 6.45. The molecule has 1 N–H and O–H groups in total. The third kappa shape index (κ3) is 2.53. The predicted molar refractivity (Wildman–Crippen MR) is 69.3 cm³/mol. The summed E-state index contributed by atoms with van der Waals surface area (Å²) in [5.41, 5.74) is 0.843. The molecular formula is C13H13F3N4O. The molecule has 1 aromatic heterocycles. The summed E-state index contributed by atoms with van der Waals surface area (Å²) in [6.45, 7) is 0.540. The van der Waals surface area contributed by atoms with Crippen molar-refractivity contribution in [2.45, 2.75) is 18.6 Å². The summed E-state index contributed by atoms with van der Waals surface area (Å²) < 4.78 is 44.7. The first kappa shape index (κ1) is 13.7. The summed E-state index contributed by atoms with van der Waals surface area (Å²) in [6, 6.07) is 6.94. The van der Waals surface area contributed by atoms with Crippen LogP contribution in [-0.2, 0) is 6.18 Å². The van der Waals surface area contributed by atoms with Crippen LogP contribution < -0.4 is 10.1 Å². The van der Waals surface area contributed by atoms with Crippen LogP contribution in [0.2, 0.25) is 0 Å². The smallest absolute Gasteiger partial charge is 0.453 e. The van der Waals surface area contributed by atoms with E-state index in [0.29, 0.717) is 18.7 Å². The van der Waals surface area contributed by atoms with Gasteiger partial charge in [0.05, 0.1) is 13.2 Å². The number of anilines is 1. The molecule has 3 rings (SSSR count). The minimum Gasteiger partial charge on any atom is -0.497 e. The fourth-order valence-electron chi connectivity index (χ4n) is 2.38. The molecule has 1 aliphatic heterocycles. The Hall–Kier alpha value is -2.25. The number of nitrogens with one attached hydrogen (secondary N) is 1. The second-order valence-electron chi connectivity index (χ2n) is 4.71. The van der Waals surface area contributed by atoms with Gasteiger partial charge in [-0.05, 0) is 24.1 Å². The van der Waals surface area contributed by atoms with E-state index in [1.165, 1.54) is 4.68 Å². The molecule has 1 atom stereocenters. The van der Waals surface area contributed by atoms with E-state index in [1.807, 2.05) is 6.07 Å². The van der Waals surface area contributed by atoms with Gasteiger partial charge in [0.25, 0.3) is 5.82 Å². The quantitative estimate of drug-likeness (QED) is 0.926. The zero-order valence-electron chi connectivity index (χ0n) is 11.2. The van der Waals surface area contributed by atoms with E-state index >= 15 is 0 Å². The normalized spacial score (nSPS) is 18.0. The van der Waals surface area contributed by atoms with Gasteiger partial charge in [-0.15, -0.1) is 5.10 Å². The molecule has 0 amide bonds. The Kier molecular flexibility index (Phi) is 3.23. The van der Waals surface area contributed by atoms with Gasteiger partial charge in [-0.25, -0.2) is 4.68 Å². The Morgan fingerprint density at radius 2 is 2.19 bits per heavy atom. The van der Waals surface area contributed by atoms with Gasteiger partial charge in [-0.1, -0.05) is 12.1 Å². The highest BCUT2D eigenvalue weighted by molar-refractivity contribution is 5.36. The average molecular weight is 298 g/mol. The highest BCUT2D eigenvalue weighted by Crippen LogP contribution is 2.33. The fourth-order valence-corrected chi connectivity index (χ4v) is 2.38. The molecular weight excluding hydrogens is 285 g/mol. The lowest BCUT2D eigenvalue weighted by Crippen LogP contribution is -2.24. The highest BCUT2D eigenvalue weighted by Gasteiger charge is 2.38. The molecule has 0 fully saturated rings. The van der Waals surface area contributed by atoms with Crippen molar-refractivity contribution in [3.63, 3.8) is 0 Å². The van der Waals surface area contributed by atoms with Gasteiger partial charge in [0.15, 0.2) is 0 Å². The maximum Gasteiger partial charge on any atom is 0.453 e. The number of fused-ring (bicyclic) bond motifs is 1. The number of alkyl halides is 3. The molecule has 8 heteroatoms. The molecule has 2 aromatic rings. The molecule has 1 aliphatic rings. The van der Waals surface area contributed by atoms with Crippen LogP contribution in [0.1, 0.15) is 23.9 Å². The molecule has 0 radical (unpaired) electrons. The standard InChI is InChI=1S/C13H13F3N4O/c1-21-9-4-2-3-8(7-9)10-5-6-17-12-18-11(13(14,15)16)19-20(10)12/h2-4,7,10H,5-6H2,1H3,(H,17,18,19). The molecule has 0 saturated carbocycles. The maximum atomic E-state index is 12.7. The number of halogens is 3. The van der Waals surface area contributed by atoms with Crippen LogP contribution in [-0.4, -0.2) is 28.4 Å². The number of methoxy groups -OCH3 is 1. The Morgan fingerprint density at radius 1 is 1.38 bits per heavy atom. The second-order valence-corrected chi connectivity index (χ2v) is 4.71. The minimum atomic E-state index is -4.55. The van der Waals surface area contributed by atoms with Gasteiger partial charge >= 0.3 is 6.18 Å². The average Bonchev–Trinajstić information content (AvgIpc) is 2.91. The largest absolute Gasteiger partial charge is 0.497 e. The van der Waals surface area contributed by atoms with E-state index in [9.17, 15) is 13.2 Å². The van der Waals surface area contributed by atoms with E-state index in [1.54, 1.807) is 25.3 Å². The lowest BCUT2D eigenvalue weighted by molar-refractivity contribution is -0.145. The molecule has 5 nitrogen and oxygen atoms in total. The predicted octanol–water partition coefficient (Wildman–Crippen LogP) is 2.71. The van der Waals surface area contributed by atoms with Gasteiger partial charge in [0.1, 0.15) is 5.75 Å². The Balaban J connectivity index is 2.01. The van der Waals surface area contributed by atoms with Crippen LogP contribution in [0.3, 0.4) is 0 Å². The van der Waals surface area contributed by atoms with Gasteiger partial charge < -0.3 is 10.1 Å². The van der Waals surface area contributed by atoms with Gasteiger partial charge in [-0.3, -0.25) is 0 Å². The highest BCUT2D eigenvalue weighted by atomic mass is 19.4. The number of aromatic nitrogens is 3. The minimum absolute atomic E-state index is 0.140. The Labute approximate surface area is 118 Å². The van der Waals surface area contributed by atoms with Gasteiger partial charge in [0, 0.05) is 6.54 Å². The molecule has 2 heterocycles. The first-order chi connectivity index (χ1) is 9.99. The lowest BCUT2D eigenvalue weighted by atomic mass is 10.0. The number of hydrogen-bond acceptors (Lipinski definition) is 4. The van der Waals surface area contributed by atoms with Crippen molar-refractivity contribution in [1.29, 1.82) is 0 Å². The summed E-state index contributed by atoms with van der Waals surface area (Å²) in [7, 11) is 1.55. The van der Waals surface area contributed by atoms with Crippen LogP contribution in [0, 0.1) is 0 Å². The first-order valence-corrected chi connectivity index (χ1v) is 6.40. The first-order valence-electron chi connectivity index (χ1n) is 6.40. The SMILES string of the molecule is COc1cccc(C2CCNc3nc(C(F)(F)F)nn32)c1. The summed E-state index contributed by atoms with van der Waals surface area (Å²) in [6.07, 6.45) is -3.92. The number of benzene rings is 1. The van der Waals surface area contributed by atoms with Crippen molar-refractivity contribution in [3.8, 4) is 5.75 Å². The van der Waals surface area contributed by atoms with E-state index < -0.39 is 12.0 Å². The topological polar surface area (TPSA) is 52.0 Å². The molecule has 0 spiro atoms. The van der Waals surface area contributed by atoms with Crippen molar-refractivity contribution >= 4 is 5.95 Å². The van der Waals surface area contributed by atoms with E-state index in [0.717, 1.165) is 5.56 Å². The summed E-state index contributed by atoms with van der Waals surface area (Å²) in [5.74, 6) is -0.329. The van der Waals surface area contributed by atoms with Crippen molar-refractivity contribution in [3.05, 3.63) is 35.7 Å². The van der Waals surface area contributed by atoms with Gasteiger partial charge in [0.2, 0.25) is 5.95 Å². The molecule has 1 aromatic carbocycles. The molecule has 0 aliphatic carbocycles. The van der Waals surface area contributed by atoms with Crippen LogP contribution in [0.15, 0.2) is 24.3 Å².